The third kappa shape index (κ3) is 2.21. The topological polar surface area (TPSA) is 45.8 Å². The average Bonchev–Trinajstić information content (AvgIpc) is 3.24. The molecule has 0 aromatic carbocycles. The largest absolute Gasteiger partial charge is 0.396 e. The number of rotatable bonds is 3. The Balaban J connectivity index is 1.73. The Morgan fingerprint density at radius 2 is 1.92 bits per heavy atom. The zero-order chi connectivity index (χ0) is 17.2. The molecule has 3 aliphatic rings. The van der Waals surface area contributed by atoms with Gasteiger partial charge in [-0.1, -0.05) is 6.42 Å². The lowest BCUT2D eigenvalue weighted by Crippen LogP contribution is -2.60. The zero-order valence-electron chi connectivity index (χ0n) is 13.3. The second kappa shape index (κ2) is 4.87. The van der Waals surface area contributed by atoms with Gasteiger partial charge in [0.2, 0.25) is 0 Å². The Morgan fingerprint density at radius 3 is 2.38 bits per heavy atom. The first-order valence-corrected chi connectivity index (χ1v) is 8.50. The van der Waals surface area contributed by atoms with Gasteiger partial charge in [-0.15, -0.1) is 0 Å². The van der Waals surface area contributed by atoms with Gasteiger partial charge < -0.3 is 4.57 Å². The minimum atomic E-state index is -4.32. The molecule has 0 amide bonds. The summed E-state index contributed by atoms with van der Waals surface area (Å²) >= 11 is 0. The van der Waals surface area contributed by atoms with Crippen LogP contribution in [0.2, 0.25) is 0 Å². The van der Waals surface area contributed by atoms with Crippen LogP contribution in [0, 0.1) is 22.2 Å². The molecule has 3 aliphatic carbocycles. The summed E-state index contributed by atoms with van der Waals surface area (Å²) in [5, 5.41) is 9.06. The first-order chi connectivity index (χ1) is 11.3. The van der Waals surface area contributed by atoms with E-state index in [1.165, 1.54) is 10.6 Å². The number of pyridine rings is 1. The SMILES string of the molecule is N#Cc1ccc(C2CC2)n(CC2(C(F)(F)F)CC3(CCC3)C2)c1=O. The molecule has 1 heterocycles. The van der Waals surface area contributed by atoms with Crippen LogP contribution in [-0.2, 0) is 6.54 Å². The maximum absolute atomic E-state index is 13.8. The van der Waals surface area contributed by atoms with E-state index in [-0.39, 0.29) is 36.3 Å². The summed E-state index contributed by atoms with van der Waals surface area (Å²) in [6.07, 6.45) is 0.457. The molecule has 24 heavy (non-hydrogen) atoms. The van der Waals surface area contributed by atoms with Gasteiger partial charge in [0.1, 0.15) is 11.6 Å². The number of nitriles is 1. The molecule has 0 aliphatic heterocycles. The first kappa shape index (κ1) is 15.7. The van der Waals surface area contributed by atoms with Crippen molar-refractivity contribution in [3.05, 3.63) is 33.7 Å². The molecule has 4 rings (SSSR count). The van der Waals surface area contributed by atoms with Crippen LogP contribution >= 0.6 is 0 Å². The van der Waals surface area contributed by atoms with Crippen molar-refractivity contribution in [1.82, 2.24) is 4.57 Å². The fraction of sp³-hybridized carbons (Fsp3) is 0.667. The van der Waals surface area contributed by atoms with Gasteiger partial charge in [-0.3, -0.25) is 4.79 Å². The molecule has 0 unspecified atom stereocenters. The maximum Gasteiger partial charge on any atom is 0.396 e. The maximum atomic E-state index is 13.8. The normalized spacial score (nSPS) is 24.1. The number of halogens is 3. The highest BCUT2D eigenvalue weighted by Gasteiger charge is 2.68. The summed E-state index contributed by atoms with van der Waals surface area (Å²) in [6.45, 7) is -0.335. The smallest absolute Gasteiger partial charge is 0.310 e. The summed E-state index contributed by atoms with van der Waals surface area (Å²) < 4.78 is 42.7. The Hall–Kier alpha value is -1.77. The van der Waals surface area contributed by atoms with Gasteiger partial charge in [-0.05, 0) is 62.0 Å². The molecule has 0 N–H and O–H groups in total. The van der Waals surface area contributed by atoms with Crippen molar-refractivity contribution in [2.24, 2.45) is 10.8 Å². The fourth-order valence-electron chi connectivity index (χ4n) is 4.70. The molecule has 0 atom stereocenters. The average molecular weight is 336 g/mol. The third-order valence-electron chi connectivity index (χ3n) is 6.23. The lowest BCUT2D eigenvalue weighted by Gasteiger charge is -2.61. The number of nitrogens with zero attached hydrogens (tertiary/aromatic N) is 2. The van der Waals surface area contributed by atoms with Crippen LogP contribution < -0.4 is 5.56 Å². The van der Waals surface area contributed by atoms with Crippen LogP contribution in [0.5, 0.6) is 0 Å². The number of hydrogen-bond acceptors (Lipinski definition) is 2. The minimum absolute atomic E-state index is 0.0746. The van der Waals surface area contributed by atoms with E-state index >= 15 is 0 Å². The summed E-state index contributed by atoms with van der Waals surface area (Å²) in [6, 6.07) is 4.92. The van der Waals surface area contributed by atoms with Gasteiger partial charge in [0.05, 0.1) is 5.41 Å². The Kier molecular flexibility index (Phi) is 3.20. The van der Waals surface area contributed by atoms with Crippen molar-refractivity contribution in [2.45, 2.75) is 63.6 Å². The molecular formula is C18H19F3N2O. The predicted octanol–water partition coefficient (Wildman–Crippen LogP) is 4.11. The lowest BCUT2D eigenvalue weighted by atomic mass is 9.45. The van der Waals surface area contributed by atoms with Gasteiger partial charge in [0.15, 0.2) is 0 Å². The highest BCUT2D eigenvalue weighted by Crippen LogP contribution is 2.69. The van der Waals surface area contributed by atoms with Crippen molar-refractivity contribution in [3.63, 3.8) is 0 Å². The van der Waals surface area contributed by atoms with E-state index in [0.29, 0.717) is 5.69 Å². The molecule has 3 saturated carbocycles. The minimum Gasteiger partial charge on any atom is -0.310 e. The van der Waals surface area contributed by atoms with E-state index < -0.39 is 17.2 Å². The second-order valence-corrected chi connectivity index (χ2v) is 7.93. The fourth-order valence-corrected chi connectivity index (χ4v) is 4.70. The van der Waals surface area contributed by atoms with Crippen LogP contribution in [0.4, 0.5) is 13.2 Å². The van der Waals surface area contributed by atoms with Crippen LogP contribution in [0.25, 0.3) is 0 Å². The van der Waals surface area contributed by atoms with Crippen molar-refractivity contribution in [2.75, 3.05) is 0 Å². The molecule has 1 aromatic rings. The molecule has 0 bridgehead atoms. The van der Waals surface area contributed by atoms with E-state index in [1.807, 2.05) is 0 Å². The summed E-state index contributed by atoms with van der Waals surface area (Å²) in [4.78, 5) is 12.5. The molecule has 1 aromatic heterocycles. The second-order valence-electron chi connectivity index (χ2n) is 7.93. The van der Waals surface area contributed by atoms with Crippen molar-refractivity contribution >= 4 is 0 Å². The zero-order valence-corrected chi connectivity index (χ0v) is 13.3. The van der Waals surface area contributed by atoms with E-state index in [2.05, 4.69) is 0 Å². The van der Waals surface area contributed by atoms with E-state index in [9.17, 15) is 18.0 Å². The lowest BCUT2D eigenvalue weighted by molar-refractivity contribution is -0.299. The summed E-state index contributed by atoms with van der Waals surface area (Å²) in [5.74, 6) is 0.161. The summed E-state index contributed by atoms with van der Waals surface area (Å²) in [7, 11) is 0. The standard InChI is InChI=1S/C18H19F3N2O/c19-18(20,21)17(9-16(10-17)6-1-7-16)11-23-14(12-2-3-12)5-4-13(8-22)15(23)24/h4-5,12H,1-3,6-7,9-11H2. The van der Waals surface area contributed by atoms with Crippen molar-refractivity contribution in [3.8, 4) is 6.07 Å². The van der Waals surface area contributed by atoms with E-state index in [0.717, 1.165) is 32.1 Å². The van der Waals surface area contributed by atoms with Gasteiger partial charge in [-0.2, -0.15) is 18.4 Å². The monoisotopic (exact) mass is 336 g/mol. The highest BCUT2D eigenvalue weighted by molar-refractivity contribution is 5.30. The van der Waals surface area contributed by atoms with Gasteiger partial charge >= 0.3 is 6.18 Å². The predicted molar refractivity (Wildman–Crippen MR) is 81.4 cm³/mol. The number of hydrogen-bond donors (Lipinski definition) is 0. The molecule has 6 heteroatoms. The van der Waals surface area contributed by atoms with Gasteiger partial charge in [0, 0.05) is 12.2 Å². The Morgan fingerprint density at radius 1 is 1.25 bits per heavy atom. The number of aromatic nitrogens is 1. The molecule has 3 nitrogen and oxygen atoms in total. The van der Waals surface area contributed by atoms with Gasteiger partial charge in [-0.25, -0.2) is 0 Å². The Labute approximate surface area is 138 Å². The third-order valence-corrected chi connectivity index (χ3v) is 6.23. The van der Waals surface area contributed by atoms with Crippen LogP contribution in [-0.4, -0.2) is 10.7 Å². The molecule has 1 spiro atoms. The first-order valence-electron chi connectivity index (χ1n) is 8.50. The van der Waals surface area contributed by atoms with Gasteiger partial charge in [0.25, 0.3) is 5.56 Å². The Bertz CT molecular complexity index is 771. The quantitative estimate of drug-likeness (QED) is 0.834. The van der Waals surface area contributed by atoms with E-state index in [1.54, 1.807) is 12.1 Å². The van der Waals surface area contributed by atoms with E-state index in [4.69, 9.17) is 5.26 Å². The van der Waals surface area contributed by atoms with Crippen LogP contribution in [0.3, 0.4) is 0 Å². The van der Waals surface area contributed by atoms with Crippen molar-refractivity contribution in [1.29, 1.82) is 5.26 Å². The molecule has 0 radical (unpaired) electrons. The van der Waals surface area contributed by atoms with Crippen molar-refractivity contribution < 1.29 is 13.2 Å². The highest BCUT2D eigenvalue weighted by atomic mass is 19.4. The molecule has 3 fully saturated rings. The molecule has 0 saturated heterocycles. The molecule has 128 valence electrons. The number of alkyl halides is 3. The summed E-state index contributed by atoms with van der Waals surface area (Å²) in [5.41, 5.74) is -1.94. The van der Waals surface area contributed by atoms with Crippen LogP contribution in [0.15, 0.2) is 16.9 Å². The van der Waals surface area contributed by atoms with Crippen LogP contribution in [0.1, 0.15) is 62.1 Å². The molecular weight excluding hydrogens is 317 g/mol.